The van der Waals surface area contributed by atoms with E-state index in [1.807, 2.05) is 0 Å². The summed E-state index contributed by atoms with van der Waals surface area (Å²) in [6.07, 6.45) is 1.50. The van der Waals surface area contributed by atoms with Crippen molar-refractivity contribution in [2.24, 2.45) is 0 Å². The number of carbonyl (C=O) groups is 2. The van der Waals surface area contributed by atoms with E-state index in [1.165, 1.54) is 12.1 Å². The van der Waals surface area contributed by atoms with Crippen molar-refractivity contribution in [1.82, 2.24) is 10.6 Å². The third kappa shape index (κ3) is 5.63. The number of carbonyl (C=O) groups excluding carboxylic acids is 2. The van der Waals surface area contributed by atoms with E-state index in [4.69, 9.17) is 27.9 Å². The molecule has 0 radical (unpaired) electrons. The van der Waals surface area contributed by atoms with Gasteiger partial charge in [-0.15, -0.1) is 6.58 Å². The summed E-state index contributed by atoms with van der Waals surface area (Å²) in [7, 11) is 0. The number of ether oxygens (including phenoxy) is 1. The number of imide groups is 1. The molecule has 2 N–H and O–H groups in total. The van der Waals surface area contributed by atoms with Crippen molar-refractivity contribution in [3.63, 3.8) is 0 Å². The highest BCUT2D eigenvalue weighted by atomic mass is 35.5. The summed E-state index contributed by atoms with van der Waals surface area (Å²) >= 11 is 11.5. The van der Waals surface area contributed by atoms with E-state index in [0.29, 0.717) is 15.8 Å². The van der Waals surface area contributed by atoms with Crippen molar-refractivity contribution in [2.75, 3.05) is 13.2 Å². The Morgan fingerprint density at radius 2 is 2.05 bits per heavy atom. The Bertz CT molecular complexity index is 492. The van der Waals surface area contributed by atoms with E-state index in [-0.39, 0.29) is 13.2 Å². The van der Waals surface area contributed by atoms with Crippen LogP contribution in [0.1, 0.15) is 0 Å². The van der Waals surface area contributed by atoms with E-state index in [0.717, 1.165) is 0 Å². The lowest BCUT2D eigenvalue weighted by molar-refractivity contribution is -0.122. The molecule has 0 aliphatic rings. The first-order chi connectivity index (χ1) is 9.02. The number of urea groups is 1. The van der Waals surface area contributed by atoms with Crippen LogP contribution in [0.4, 0.5) is 4.79 Å². The highest BCUT2D eigenvalue weighted by molar-refractivity contribution is 6.42. The van der Waals surface area contributed by atoms with Crippen LogP contribution in [0.2, 0.25) is 10.0 Å². The summed E-state index contributed by atoms with van der Waals surface area (Å²) in [5.41, 5.74) is 0. The molecule has 0 unspecified atom stereocenters. The van der Waals surface area contributed by atoms with Crippen molar-refractivity contribution >= 4 is 35.1 Å². The van der Waals surface area contributed by atoms with Gasteiger partial charge in [0.1, 0.15) is 5.75 Å². The maximum Gasteiger partial charge on any atom is 0.321 e. The molecule has 3 amide bonds. The number of hydrogen-bond donors (Lipinski definition) is 2. The van der Waals surface area contributed by atoms with Gasteiger partial charge in [0, 0.05) is 12.6 Å². The van der Waals surface area contributed by atoms with E-state index < -0.39 is 11.9 Å². The van der Waals surface area contributed by atoms with E-state index in [2.05, 4.69) is 17.2 Å². The van der Waals surface area contributed by atoms with Crippen LogP contribution in [-0.4, -0.2) is 25.1 Å². The zero-order chi connectivity index (χ0) is 14.3. The standard InChI is InChI=1S/C12H12Cl2N2O3/c1-2-5-15-12(18)16-11(17)7-19-8-3-4-9(13)10(14)6-8/h2-4,6H,1,5,7H2,(H2,15,16,17,18). The average Bonchev–Trinajstić information content (AvgIpc) is 2.38. The van der Waals surface area contributed by atoms with E-state index in [1.54, 1.807) is 12.1 Å². The maximum atomic E-state index is 11.4. The van der Waals surface area contributed by atoms with Crippen LogP contribution in [0.25, 0.3) is 0 Å². The number of halogens is 2. The predicted octanol–water partition coefficient (Wildman–Crippen LogP) is 2.38. The van der Waals surface area contributed by atoms with Crippen molar-refractivity contribution in [3.05, 3.63) is 40.9 Å². The van der Waals surface area contributed by atoms with Gasteiger partial charge >= 0.3 is 6.03 Å². The molecule has 0 saturated carbocycles. The Kier molecular flexibility index (Phi) is 6.18. The third-order valence-corrected chi connectivity index (χ3v) is 2.66. The molecule has 0 spiro atoms. The lowest BCUT2D eigenvalue weighted by atomic mass is 10.3. The topological polar surface area (TPSA) is 67.4 Å². The maximum absolute atomic E-state index is 11.4. The van der Waals surface area contributed by atoms with Crippen LogP contribution >= 0.6 is 23.2 Å². The SMILES string of the molecule is C=CCNC(=O)NC(=O)COc1ccc(Cl)c(Cl)c1. The fourth-order valence-corrected chi connectivity index (χ4v) is 1.38. The molecule has 1 aromatic carbocycles. The van der Waals surface area contributed by atoms with Crippen LogP contribution < -0.4 is 15.4 Å². The van der Waals surface area contributed by atoms with Crippen molar-refractivity contribution in [3.8, 4) is 5.75 Å². The molecule has 7 heteroatoms. The minimum Gasteiger partial charge on any atom is -0.484 e. The minimum atomic E-state index is -0.609. The molecule has 19 heavy (non-hydrogen) atoms. The molecule has 5 nitrogen and oxygen atoms in total. The Balaban J connectivity index is 2.39. The third-order valence-electron chi connectivity index (χ3n) is 1.92. The Morgan fingerprint density at radius 3 is 2.68 bits per heavy atom. The fourth-order valence-electron chi connectivity index (χ4n) is 1.09. The van der Waals surface area contributed by atoms with E-state index >= 15 is 0 Å². The van der Waals surface area contributed by atoms with Gasteiger partial charge in [-0.05, 0) is 12.1 Å². The Hall–Kier alpha value is -1.72. The van der Waals surface area contributed by atoms with Gasteiger partial charge in [-0.3, -0.25) is 10.1 Å². The van der Waals surface area contributed by atoms with Crippen LogP contribution in [0.15, 0.2) is 30.9 Å². The van der Waals surface area contributed by atoms with Crippen LogP contribution in [0.5, 0.6) is 5.75 Å². The normalized spacial score (nSPS) is 9.58. The lowest BCUT2D eigenvalue weighted by Crippen LogP contribution is -2.41. The molecule has 0 saturated heterocycles. The van der Waals surface area contributed by atoms with Gasteiger partial charge in [-0.2, -0.15) is 0 Å². The van der Waals surface area contributed by atoms with Gasteiger partial charge in [-0.25, -0.2) is 4.79 Å². The van der Waals surface area contributed by atoms with Crippen LogP contribution in [0, 0.1) is 0 Å². The summed E-state index contributed by atoms with van der Waals surface area (Å²) in [5.74, 6) is -0.191. The number of rotatable bonds is 5. The molecule has 102 valence electrons. The van der Waals surface area contributed by atoms with Gasteiger partial charge < -0.3 is 10.1 Å². The minimum absolute atomic E-state index is 0.271. The molecule has 0 aliphatic heterocycles. The summed E-state index contributed by atoms with van der Waals surface area (Å²) in [6, 6.07) is 3.99. The number of benzene rings is 1. The first kappa shape index (κ1) is 15.3. The predicted molar refractivity (Wildman–Crippen MR) is 73.7 cm³/mol. The molecule has 0 aliphatic carbocycles. The lowest BCUT2D eigenvalue weighted by Gasteiger charge is -2.07. The summed E-state index contributed by atoms with van der Waals surface area (Å²) in [4.78, 5) is 22.5. The second-order valence-corrected chi connectivity index (χ2v) is 4.23. The molecular formula is C12H12Cl2N2O3. The summed E-state index contributed by atoms with van der Waals surface area (Å²) in [6.45, 7) is 3.39. The van der Waals surface area contributed by atoms with Crippen LogP contribution in [0.3, 0.4) is 0 Å². The highest BCUT2D eigenvalue weighted by Crippen LogP contribution is 2.26. The van der Waals surface area contributed by atoms with Gasteiger partial charge in [0.15, 0.2) is 6.61 Å². The molecule has 0 fully saturated rings. The van der Waals surface area contributed by atoms with Crippen molar-refractivity contribution in [2.45, 2.75) is 0 Å². The molecule has 0 bridgehead atoms. The molecule has 0 heterocycles. The molecule has 1 rings (SSSR count). The summed E-state index contributed by atoms with van der Waals surface area (Å²) in [5, 5.41) is 5.20. The van der Waals surface area contributed by atoms with Gasteiger partial charge in [0.05, 0.1) is 10.0 Å². The molecule has 1 aromatic rings. The number of hydrogen-bond acceptors (Lipinski definition) is 3. The fraction of sp³-hybridized carbons (Fsp3) is 0.167. The smallest absolute Gasteiger partial charge is 0.321 e. The first-order valence-electron chi connectivity index (χ1n) is 5.29. The quantitative estimate of drug-likeness (QED) is 0.821. The number of amides is 3. The molecular weight excluding hydrogens is 291 g/mol. The first-order valence-corrected chi connectivity index (χ1v) is 6.05. The van der Waals surface area contributed by atoms with Crippen molar-refractivity contribution in [1.29, 1.82) is 0 Å². The Labute approximate surface area is 120 Å². The summed E-state index contributed by atoms with van der Waals surface area (Å²) < 4.78 is 5.15. The largest absolute Gasteiger partial charge is 0.484 e. The van der Waals surface area contributed by atoms with Gasteiger partial charge in [0.2, 0.25) is 0 Å². The molecule has 0 atom stereocenters. The monoisotopic (exact) mass is 302 g/mol. The number of nitrogens with one attached hydrogen (secondary N) is 2. The second-order valence-electron chi connectivity index (χ2n) is 3.41. The zero-order valence-electron chi connectivity index (χ0n) is 9.91. The average molecular weight is 303 g/mol. The molecule has 0 aromatic heterocycles. The Morgan fingerprint density at radius 1 is 1.32 bits per heavy atom. The van der Waals surface area contributed by atoms with E-state index in [9.17, 15) is 9.59 Å². The second kappa shape index (κ2) is 7.66. The highest BCUT2D eigenvalue weighted by Gasteiger charge is 2.08. The van der Waals surface area contributed by atoms with Crippen molar-refractivity contribution < 1.29 is 14.3 Å². The zero-order valence-corrected chi connectivity index (χ0v) is 11.4. The van der Waals surface area contributed by atoms with Gasteiger partial charge in [-0.1, -0.05) is 29.3 Å². The van der Waals surface area contributed by atoms with Gasteiger partial charge in [0.25, 0.3) is 5.91 Å². The van der Waals surface area contributed by atoms with Crippen LogP contribution in [-0.2, 0) is 4.79 Å².